The number of aromatic nitrogens is 4. The van der Waals surface area contributed by atoms with Crippen LogP contribution in [0.4, 0.5) is 0 Å². The lowest BCUT2D eigenvalue weighted by Gasteiger charge is -2.23. The molecule has 0 aromatic carbocycles. The van der Waals surface area contributed by atoms with Gasteiger partial charge in [-0.1, -0.05) is 0 Å². The fraction of sp³-hybridized carbons (Fsp3) is 0.600. The van der Waals surface area contributed by atoms with E-state index in [9.17, 15) is 0 Å². The Balaban J connectivity index is 0.00000104. The minimum absolute atomic E-state index is 0. The number of hydrogen-bond donors (Lipinski definition) is 1. The zero-order chi connectivity index (χ0) is 14.8. The number of aryl methyl sites for hydroxylation is 1. The van der Waals surface area contributed by atoms with Crippen molar-refractivity contribution in [2.45, 2.75) is 32.2 Å². The number of ether oxygens (including phenoxy) is 2. The monoisotopic (exact) mass is 375 g/mol. The van der Waals surface area contributed by atoms with Crippen molar-refractivity contribution in [3.8, 4) is 11.5 Å². The zero-order valence-corrected chi connectivity index (χ0v) is 15.0. The van der Waals surface area contributed by atoms with Crippen LogP contribution in [0.2, 0.25) is 0 Å². The fourth-order valence-corrected chi connectivity index (χ4v) is 3.02. The molecule has 0 aliphatic carbocycles. The van der Waals surface area contributed by atoms with E-state index in [1.165, 1.54) is 5.69 Å². The molecule has 1 unspecified atom stereocenters. The molecule has 2 aromatic rings. The highest BCUT2D eigenvalue weighted by Crippen LogP contribution is 2.20. The van der Waals surface area contributed by atoms with Crippen molar-refractivity contribution in [1.29, 1.82) is 0 Å². The summed E-state index contributed by atoms with van der Waals surface area (Å²) in [4.78, 5) is 4.49. The van der Waals surface area contributed by atoms with Gasteiger partial charge in [-0.25, -0.2) is 4.98 Å². The van der Waals surface area contributed by atoms with Gasteiger partial charge in [0, 0.05) is 25.5 Å². The third-order valence-electron chi connectivity index (χ3n) is 4.12. The molecule has 0 amide bonds. The van der Waals surface area contributed by atoms with Gasteiger partial charge >= 0.3 is 0 Å². The highest BCUT2D eigenvalue weighted by atomic mass is 35.5. The van der Waals surface area contributed by atoms with Crippen LogP contribution in [0, 0.1) is 0 Å². The lowest BCUT2D eigenvalue weighted by molar-refractivity contribution is -0.0934. The van der Waals surface area contributed by atoms with Crippen molar-refractivity contribution < 1.29 is 9.47 Å². The van der Waals surface area contributed by atoms with E-state index >= 15 is 0 Å². The molecule has 0 spiro atoms. The molecular formula is C15H23Cl2N5O2. The van der Waals surface area contributed by atoms with Crippen molar-refractivity contribution >= 4 is 24.8 Å². The lowest BCUT2D eigenvalue weighted by atomic mass is 10.3. The van der Waals surface area contributed by atoms with Crippen molar-refractivity contribution in [3.05, 3.63) is 24.2 Å². The van der Waals surface area contributed by atoms with Crippen LogP contribution in [0.5, 0.6) is 0 Å². The first kappa shape index (κ1) is 19.2. The normalized spacial score (nSPS) is 20.4. The van der Waals surface area contributed by atoms with Crippen LogP contribution in [0.15, 0.2) is 18.5 Å². The molecule has 1 saturated heterocycles. The van der Waals surface area contributed by atoms with Gasteiger partial charge < -0.3 is 19.4 Å². The predicted molar refractivity (Wildman–Crippen MR) is 94.8 cm³/mol. The Kier molecular flexibility index (Phi) is 7.06. The van der Waals surface area contributed by atoms with E-state index in [-0.39, 0.29) is 30.9 Å². The molecule has 4 heterocycles. The van der Waals surface area contributed by atoms with Crippen molar-refractivity contribution in [2.75, 3.05) is 26.4 Å². The minimum Gasteiger partial charge on any atom is -0.376 e. The van der Waals surface area contributed by atoms with E-state index in [1.54, 1.807) is 0 Å². The van der Waals surface area contributed by atoms with Crippen molar-refractivity contribution in [2.24, 2.45) is 0 Å². The van der Waals surface area contributed by atoms with Gasteiger partial charge in [-0.05, 0) is 19.0 Å². The highest BCUT2D eigenvalue weighted by molar-refractivity contribution is 5.85. The van der Waals surface area contributed by atoms with Crippen LogP contribution in [0.1, 0.15) is 12.1 Å². The minimum atomic E-state index is 0. The predicted octanol–water partition coefficient (Wildman–Crippen LogP) is 1.50. The van der Waals surface area contributed by atoms with Crippen LogP contribution in [-0.2, 0) is 29.1 Å². The van der Waals surface area contributed by atoms with E-state index in [0.29, 0.717) is 19.8 Å². The smallest absolute Gasteiger partial charge is 0.160 e. The van der Waals surface area contributed by atoms with Crippen molar-refractivity contribution in [1.82, 2.24) is 24.6 Å². The van der Waals surface area contributed by atoms with Gasteiger partial charge in [0.05, 0.1) is 38.2 Å². The van der Waals surface area contributed by atoms with Gasteiger partial charge in [-0.15, -0.1) is 24.8 Å². The summed E-state index contributed by atoms with van der Waals surface area (Å²) < 4.78 is 15.4. The lowest BCUT2D eigenvalue weighted by Crippen LogP contribution is -2.32. The van der Waals surface area contributed by atoms with Crippen LogP contribution < -0.4 is 5.32 Å². The second kappa shape index (κ2) is 8.82. The van der Waals surface area contributed by atoms with Gasteiger partial charge in [0.1, 0.15) is 5.69 Å². The summed E-state index contributed by atoms with van der Waals surface area (Å²) in [7, 11) is 0. The first-order valence-corrected chi connectivity index (χ1v) is 7.88. The molecule has 2 aliphatic rings. The average molecular weight is 376 g/mol. The number of fused-ring (bicyclic) bond motifs is 1. The third kappa shape index (κ3) is 4.10. The number of halogens is 2. The molecule has 0 saturated carbocycles. The SMILES string of the molecule is Cl.Cl.c1cn(CC2COCCO2)c(-c2cc3n(n2)CCCNC3)n1. The van der Waals surface area contributed by atoms with Crippen LogP contribution >= 0.6 is 24.8 Å². The molecule has 4 rings (SSSR count). The Morgan fingerprint density at radius 2 is 2.21 bits per heavy atom. The Morgan fingerprint density at radius 3 is 3.04 bits per heavy atom. The molecule has 7 nitrogen and oxygen atoms in total. The van der Waals surface area contributed by atoms with Gasteiger partial charge in [0.2, 0.25) is 0 Å². The van der Waals surface area contributed by atoms with E-state index in [2.05, 4.69) is 25.6 Å². The maximum Gasteiger partial charge on any atom is 0.160 e. The summed E-state index contributed by atoms with van der Waals surface area (Å²) in [6.07, 6.45) is 5.00. The van der Waals surface area contributed by atoms with Gasteiger partial charge in [-0.2, -0.15) is 5.10 Å². The topological polar surface area (TPSA) is 66.1 Å². The van der Waals surface area contributed by atoms with E-state index in [1.807, 2.05) is 12.4 Å². The molecule has 1 fully saturated rings. The summed E-state index contributed by atoms with van der Waals surface area (Å²) in [5.74, 6) is 0.898. The van der Waals surface area contributed by atoms with Gasteiger partial charge in [0.15, 0.2) is 5.82 Å². The largest absolute Gasteiger partial charge is 0.376 e. The summed E-state index contributed by atoms with van der Waals surface area (Å²) in [6.45, 7) is 5.62. The molecule has 134 valence electrons. The first-order chi connectivity index (χ1) is 10.9. The molecule has 24 heavy (non-hydrogen) atoms. The second-order valence-corrected chi connectivity index (χ2v) is 5.75. The summed E-state index contributed by atoms with van der Waals surface area (Å²) in [5, 5.41) is 8.15. The summed E-state index contributed by atoms with van der Waals surface area (Å²) >= 11 is 0. The van der Waals surface area contributed by atoms with Crippen LogP contribution in [-0.4, -0.2) is 51.8 Å². The Bertz CT molecular complexity index is 616. The number of hydrogen-bond acceptors (Lipinski definition) is 5. The molecule has 1 N–H and O–H groups in total. The quantitative estimate of drug-likeness (QED) is 0.880. The fourth-order valence-electron chi connectivity index (χ4n) is 3.02. The second-order valence-electron chi connectivity index (χ2n) is 5.75. The number of rotatable bonds is 3. The third-order valence-corrected chi connectivity index (χ3v) is 4.12. The molecule has 0 radical (unpaired) electrons. The number of nitrogens with zero attached hydrogens (tertiary/aromatic N) is 4. The molecule has 1 atom stereocenters. The molecule has 0 bridgehead atoms. The Morgan fingerprint density at radius 1 is 1.29 bits per heavy atom. The van der Waals surface area contributed by atoms with E-state index in [0.717, 1.165) is 44.1 Å². The Labute approximate surface area is 153 Å². The zero-order valence-electron chi connectivity index (χ0n) is 13.4. The number of nitrogens with one attached hydrogen (secondary N) is 1. The van der Waals surface area contributed by atoms with Crippen molar-refractivity contribution in [3.63, 3.8) is 0 Å². The molecule has 9 heteroatoms. The summed E-state index contributed by atoms with van der Waals surface area (Å²) in [5.41, 5.74) is 2.15. The Hall–Kier alpha value is -1.12. The summed E-state index contributed by atoms with van der Waals surface area (Å²) in [6, 6.07) is 2.13. The first-order valence-electron chi connectivity index (χ1n) is 7.88. The van der Waals surface area contributed by atoms with E-state index < -0.39 is 0 Å². The van der Waals surface area contributed by atoms with E-state index in [4.69, 9.17) is 14.6 Å². The van der Waals surface area contributed by atoms with Gasteiger partial charge in [-0.3, -0.25) is 4.68 Å². The van der Waals surface area contributed by atoms with Crippen LogP contribution in [0.25, 0.3) is 11.5 Å². The number of imidazole rings is 1. The molecule has 2 aliphatic heterocycles. The maximum atomic E-state index is 5.73. The standard InChI is InChI=1S/C15H21N5O2.2ClH/c1-2-16-9-12-8-14(18-20(12)4-1)15-17-3-5-19(15)10-13-11-21-6-7-22-13;;/h3,5,8,13,16H,1-2,4,6-7,9-11H2;2*1H. The average Bonchev–Trinajstić information content (AvgIpc) is 3.10. The molecule has 2 aromatic heterocycles. The molecular weight excluding hydrogens is 353 g/mol. The highest BCUT2D eigenvalue weighted by Gasteiger charge is 2.19. The van der Waals surface area contributed by atoms with Gasteiger partial charge in [0.25, 0.3) is 0 Å². The van der Waals surface area contributed by atoms with Crippen LogP contribution in [0.3, 0.4) is 0 Å². The maximum absolute atomic E-state index is 5.73.